The second-order valence-corrected chi connectivity index (χ2v) is 10.2. The van der Waals surface area contributed by atoms with Crippen LogP contribution in [-0.4, -0.2) is 53.3 Å². The molecule has 36 heavy (non-hydrogen) atoms. The molecule has 0 aromatic heterocycles. The first-order chi connectivity index (χ1) is 17.1. The monoisotopic (exact) mass is 495 g/mol. The van der Waals surface area contributed by atoms with Crippen LogP contribution in [0.3, 0.4) is 0 Å². The number of aryl methyl sites for hydroxylation is 2. The number of amides is 3. The maximum Gasteiger partial charge on any atom is 0.455 e. The summed E-state index contributed by atoms with van der Waals surface area (Å²) in [5.41, 5.74) is 5.84. The number of nitrogens with zero attached hydrogens (tertiary/aromatic N) is 1. The molecule has 3 amide bonds. The first kappa shape index (κ1) is 26.2. The summed E-state index contributed by atoms with van der Waals surface area (Å²) in [6.45, 7) is 7.80. The number of carbonyl (C=O) groups is 3. The van der Waals surface area contributed by atoms with Gasteiger partial charge in [0.15, 0.2) is 0 Å². The van der Waals surface area contributed by atoms with Crippen LogP contribution in [0.25, 0.3) is 6.08 Å². The highest BCUT2D eigenvalue weighted by Gasteiger charge is 2.58. The number of hydrogen-bond donors (Lipinski definition) is 2. The zero-order valence-electron chi connectivity index (χ0n) is 21.5. The molecule has 2 N–H and O–H groups in total. The van der Waals surface area contributed by atoms with E-state index in [0.717, 1.165) is 40.5 Å². The molecular weight excluding hydrogens is 461 g/mol. The molecule has 1 aromatic carbocycles. The summed E-state index contributed by atoms with van der Waals surface area (Å²) in [6, 6.07) is 3.88. The fraction of sp³-hybridized carbons (Fsp3) is 0.519. The zero-order valence-corrected chi connectivity index (χ0v) is 21.5. The summed E-state index contributed by atoms with van der Waals surface area (Å²) in [4.78, 5) is 39.0. The van der Waals surface area contributed by atoms with Crippen molar-refractivity contribution in [3.8, 4) is 5.75 Å². The van der Waals surface area contributed by atoms with Crippen LogP contribution in [0.15, 0.2) is 28.9 Å². The van der Waals surface area contributed by atoms with Gasteiger partial charge in [0.25, 0.3) is 0 Å². The van der Waals surface area contributed by atoms with E-state index in [9.17, 15) is 24.5 Å². The Labute approximate surface area is 212 Å². The summed E-state index contributed by atoms with van der Waals surface area (Å²) < 4.78 is 10.7. The molecule has 2 heterocycles. The van der Waals surface area contributed by atoms with Gasteiger partial charge in [-0.05, 0) is 93.1 Å². The smallest absolute Gasteiger partial charge is 0.455 e. The number of ether oxygens (including phenoxy) is 1. The van der Waals surface area contributed by atoms with E-state index in [2.05, 4.69) is 10.8 Å². The number of carbonyl (C=O) groups excluding carboxylic acids is 3. The predicted octanol–water partition coefficient (Wildman–Crippen LogP) is 4.17. The summed E-state index contributed by atoms with van der Waals surface area (Å²) in [5.74, 6) is -2.42. The maximum atomic E-state index is 13.2. The van der Waals surface area contributed by atoms with Gasteiger partial charge in [0, 0.05) is 0 Å². The van der Waals surface area contributed by atoms with E-state index in [0.29, 0.717) is 36.3 Å². The van der Waals surface area contributed by atoms with Gasteiger partial charge in [-0.15, -0.1) is 0 Å². The Kier molecular flexibility index (Phi) is 7.43. The SMILES string of the molecule is CCC1=C2[C@@H](CC/C(C)=C/c3cc(C)c(O)c(C)c3)OB(O)C[C@@H]2[C@@H]2C(=O)N(C(=O)OC)C(=O)[C@@H]2C1. The third-order valence-electron chi connectivity index (χ3n) is 7.82. The number of allylic oxidation sites excluding steroid dienone is 2. The van der Waals surface area contributed by atoms with Crippen molar-refractivity contribution < 1.29 is 33.9 Å². The van der Waals surface area contributed by atoms with E-state index >= 15 is 0 Å². The molecular formula is C27H34BNO7. The van der Waals surface area contributed by atoms with Crippen molar-refractivity contribution in [3.05, 3.63) is 45.5 Å². The maximum absolute atomic E-state index is 13.2. The lowest BCUT2D eigenvalue weighted by Gasteiger charge is -2.43. The zero-order chi connectivity index (χ0) is 26.3. The third kappa shape index (κ3) is 4.62. The van der Waals surface area contributed by atoms with Crippen LogP contribution < -0.4 is 0 Å². The molecule has 8 nitrogen and oxygen atoms in total. The standard InChI is InChI=1S/C27H34BNO7/c1-6-18-12-19-23(26(32)29(25(19)31)27(33)35-5)20-13-28(34)36-21(22(18)20)8-7-14(2)9-17-10-15(3)24(30)16(4)11-17/h9-11,19-21,23,30,34H,6-8,12-13H2,1-5H3/b14-9+/t19-,20+,21-,23-/m1/s1. The molecule has 3 aliphatic rings. The summed E-state index contributed by atoms with van der Waals surface area (Å²) in [6.07, 6.45) is 3.39. The van der Waals surface area contributed by atoms with Crippen LogP contribution in [0.4, 0.5) is 4.79 Å². The van der Waals surface area contributed by atoms with Gasteiger partial charge in [0.2, 0.25) is 11.8 Å². The molecule has 1 aromatic rings. The third-order valence-corrected chi connectivity index (χ3v) is 7.82. The number of likely N-dealkylation sites (tertiary alicyclic amines) is 1. The van der Waals surface area contributed by atoms with Crippen molar-refractivity contribution in [2.75, 3.05) is 7.11 Å². The number of imide groups is 3. The van der Waals surface area contributed by atoms with Gasteiger partial charge in [-0.2, -0.15) is 4.90 Å². The van der Waals surface area contributed by atoms with Gasteiger partial charge in [0.05, 0.1) is 25.0 Å². The molecule has 4 atom stereocenters. The Balaban J connectivity index is 1.59. The van der Waals surface area contributed by atoms with Gasteiger partial charge in [-0.25, -0.2) is 4.79 Å². The van der Waals surface area contributed by atoms with E-state index in [1.54, 1.807) is 0 Å². The van der Waals surface area contributed by atoms with Gasteiger partial charge >= 0.3 is 13.2 Å². The second-order valence-electron chi connectivity index (χ2n) is 10.2. The lowest BCUT2D eigenvalue weighted by molar-refractivity contribution is -0.137. The van der Waals surface area contributed by atoms with E-state index < -0.39 is 36.9 Å². The number of phenols is 1. The molecule has 1 aliphatic carbocycles. The number of hydrogen-bond acceptors (Lipinski definition) is 7. The van der Waals surface area contributed by atoms with Gasteiger partial charge < -0.3 is 19.5 Å². The molecule has 0 spiro atoms. The molecule has 0 bridgehead atoms. The number of rotatable bonds is 5. The van der Waals surface area contributed by atoms with Crippen LogP contribution in [0.2, 0.25) is 6.32 Å². The number of phenolic OH excluding ortho intramolecular Hbond substituents is 1. The van der Waals surface area contributed by atoms with E-state index in [1.165, 1.54) is 0 Å². The van der Waals surface area contributed by atoms with Crippen molar-refractivity contribution in [2.24, 2.45) is 17.8 Å². The minimum Gasteiger partial charge on any atom is -0.507 e. The van der Waals surface area contributed by atoms with Crippen LogP contribution >= 0.6 is 0 Å². The van der Waals surface area contributed by atoms with Gasteiger partial charge in [-0.1, -0.05) is 24.1 Å². The second kappa shape index (κ2) is 10.2. The Morgan fingerprint density at radius 1 is 1.22 bits per heavy atom. The fourth-order valence-corrected chi connectivity index (χ4v) is 6.16. The van der Waals surface area contributed by atoms with Crippen LogP contribution in [-0.2, 0) is 19.0 Å². The summed E-state index contributed by atoms with van der Waals surface area (Å²) >= 11 is 0. The minimum absolute atomic E-state index is 0.214. The Morgan fingerprint density at radius 3 is 2.50 bits per heavy atom. The molecule has 192 valence electrons. The fourth-order valence-electron chi connectivity index (χ4n) is 6.16. The van der Waals surface area contributed by atoms with Crippen LogP contribution in [0, 0.1) is 31.6 Å². The molecule has 9 heteroatoms. The van der Waals surface area contributed by atoms with Crippen molar-refractivity contribution >= 4 is 31.1 Å². The highest BCUT2D eigenvalue weighted by Crippen LogP contribution is 2.51. The molecule has 0 unspecified atom stereocenters. The Hall–Kier alpha value is -2.91. The lowest BCUT2D eigenvalue weighted by atomic mass is 9.58. The Bertz CT molecular complexity index is 1130. The number of aromatic hydroxyl groups is 1. The van der Waals surface area contributed by atoms with Gasteiger partial charge in [-0.3, -0.25) is 9.59 Å². The molecule has 2 aliphatic heterocycles. The summed E-state index contributed by atoms with van der Waals surface area (Å²) in [7, 11) is 0.0963. The van der Waals surface area contributed by atoms with E-state index in [4.69, 9.17) is 4.65 Å². The average Bonchev–Trinajstić information content (AvgIpc) is 3.09. The van der Waals surface area contributed by atoms with Crippen LogP contribution in [0.1, 0.15) is 56.2 Å². The largest absolute Gasteiger partial charge is 0.507 e. The number of methoxy groups -OCH3 is 1. The highest BCUT2D eigenvalue weighted by atomic mass is 16.5. The van der Waals surface area contributed by atoms with Crippen molar-refractivity contribution in [2.45, 2.75) is 65.8 Å². The van der Waals surface area contributed by atoms with Crippen molar-refractivity contribution in [1.82, 2.24) is 4.90 Å². The first-order valence-electron chi connectivity index (χ1n) is 12.6. The quantitative estimate of drug-likeness (QED) is 0.358. The number of benzene rings is 1. The van der Waals surface area contributed by atoms with Crippen molar-refractivity contribution in [1.29, 1.82) is 0 Å². The molecule has 2 fully saturated rings. The minimum atomic E-state index is -1.05. The summed E-state index contributed by atoms with van der Waals surface area (Å²) in [5, 5.41) is 20.6. The molecule has 0 saturated carbocycles. The molecule has 4 rings (SSSR count). The van der Waals surface area contributed by atoms with E-state index in [-0.39, 0.29) is 18.3 Å². The normalized spacial score (nSPS) is 26.3. The first-order valence-corrected chi connectivity index (χ1v) is 12.6. The topological polar surface area (TPSA) is 113 Å². The van der Waals surface area contributed by atoms with Gasteiger partial charge in [0.1, 0.15) is 5.75 Å². The van der Waals surface area contributed by atoms with Crippen molar-refractivity contribution in [3.63, 3.8) is 0 Å². The number of fused-ring (bicyclic) bond motifs is 3. The predicted molar refractivity (Wildman–Crippen MR) is 135 cm³/mol. The molecule has 2 saturated heterocycles. The highest BCUT2D eigenvalue weighted by molar-refractivity contribution is 6.43. The average molecular weight is 495 g/mol. The lowest BCUT2D eigenvalue weighted by Crippen LogP contribution is -2.46. The Morgan fingerprint density at radius 2 is 1.89 bits per heavy atom. The van der Waals surface area contributed by atoms with E-state index in [1.807, 2.05) is 39.8 Å². The molecule has 0 radical (unpaired) electrons. The van der Waals surface area contributed by atoms with Crippen LogP contribution in [0.5, 0.6) is 5.75 Å².